The van der Waals surface area contributed by atoms with Crippen LogP contribution in [0, 0.1) is 10.1 Å². The van der Waals surface area contributed by atoms with Gasteiger partial charge in [0.15, 0.2) is 11.5 Å². The summed E-state index contributed by atoms with van der Waals surface area (Å²) in [5.41, 5.74) is -0.200. The fraction of sp³-hybridized carbons (Fsp3) is 0.333. The molecule has 1 heterocycles. The highest BCUT2D eigenvalue weighted by atomic mass is 16.6. The van der Waals surface area contributed by atoms with Gasteiger partial charge in [0, 0.05) is 25.2 Å². The van der Waals surface area contributed by atoms with Gasteiger partial charge in [0.2, 0.25) is 5.88 Å². The molecule has 2 aromatic rings. The van der Waals surface area contributed by atoms with Crippen molar-refractivity contribution in [3.8, 4) is 17.4 Å². The second kappa shape index (κ2) is 7.90. The first-order valence-electron chi connectivity index (χ1n) is 8.04. The first kappa shape index (κ1) is 20.0. The van der Waals surface area contributed by atoms with Gasteiger partial charge in [-0.2, -0.15) is 0 Å². The Bertz CT molecular complexity index is 830. The predicted molar refractivity (Wildman–Crippen MR) is 98.6 cm³/mol. The number of hydrogen-bond donors (Lipinski definition) is 0. The van der Waals surface area contributed by atoms with Crippen LogP contribution >= 0.6 is 0 Å². The number of carbonyl (C=O) groups is 1. The maximum atomic E-state index is 12.2. The summed E-state index contributed by atoms with van der Waals surface area (Å²) >= 11 is 0. The minimum Gasteiger partial charge on any atom is -0.493 e. The molecule has 1 amide bonds. The van der Waals surface area contributed by atoms with E-state index in [-0.39, 0.29) is 11.6 Å². The lowest BCUT2D eigenvalue weighted by Crippen LogP contribution is -2.34. The molecular weight excluding hydrogens is 354 g/mol. The van der Waals surface area contributed by atoms with Crippen molar-refractivity contribution >= 4 is 17.5 Å². The normalized spacial score (nSPS) is 10.9. The van der Waals surface area contributed by atoms with E-state index in [9.17, 15) is 14.9 Å². The number of ether oxygens (including phenoxy) is 3. The number of methoxy groups -OCH3 is 1. The third kappa shape index (κ3) is 5.30. The molecule has 0 aliphatic heterocycles. The third-order valence-electron chi connectivity index (χ3n) is 3.35. The zero-order valence-electron chi connectivity index (χ0n) is 15.8. The van der Waals surface area contributed by atoms with E-state index in [0.29, 0.717) is 17.2 Å². The van der Waals surface area contributed by atoms with E-state index in [4.69, 9.17) is 14.2 Å². The fourth-order valence-corrected chi connectivity index (χ4v) is 2.04. The Morgan fingerprint density at radius 1 is 1.19 bits per heavy atom. The van der Waals surface area contributed by atoms with Crippen LogP contribution in [0.4, 0.5) is 16.2 Å². The number of nitro groups is 1. The quantitative estimate of drug-likeness (QED) is 0.571. The van der Waals surface area contributed by atoms with Gasteiger partial charge in [-0.05, 0) is 32.9 Å². The Kier molecular flexibility index (Phi) is 5.84. The van der Waals surface area contributed by atoms with Crippen molar-refractivity contribution in [1.82, 2.24) is 4.98 Å². The second-order valence-corrected chi connectivity index (χ2v) is 6.59. The molecule has 0 unspecified atom stereocenters. The molecule has 0 saturated carbocycles. The summed E-state index contributed by atoms with van der Waals surface area (Å²) in [6, 6.07) is 7.56. The molecule has 0 aliphatic carbocycles. The smallest absolute Gasteiger partial charge is 0.414 e. The van der Waals surface area contributed by atoms with Crippen LogP contribution in [0.3, 0.4) is 0 Å². The van der Waals surface area contributed by atoms with Crippen LogP contribution in [0.15, 0.2) is 36.5 Å². The van der Waals surface area contributed by atoms with Crippen molar-refractivity contribution in [3.05, 3.63) is 46.6 Å². The van der Waals surface area contributed by atoms with Crippen molar-refractivity contribution in [2.45, 2.75) is 26.4 Å². The molecule has 27 heavy (non-hydrogen) atoms. The van der Waals surface area contributed by atoms with Crippen LogP contribution in [0.2, 0.25) is 0 Å². The summed E-state index contributed by atoms with van der Waals surface area (Å²) in [5, 5.41) is 10.7. The average Bonchev–Trinajstić information content (AvgIpc) is 2.60. The van der Waals surface area contributed by atoms with Crippen molar-refractivity contribution in [1.29, 1.82) is 0 Å². The number of anilines is 1. The molecule has 0 atom stereocenters. The molecular formula is C18H21N3O6. The van der Waals surface area contributed by atoms with Gasteiger partial charge < -0.3 is 14.2 Å². The number of nitrogens with zero attached hydrogens (tertiary/aromatic N) is 3. The van der Waals surface area contributed by atoms with Gasteiger partial charge >= 0.3 is 6.09 Å². The summed E-state index contributed by atoms with van der Waals surface area (Å²) in [7, 11) is 3.05. The number of pyridine rings is 1. The molecule has 0 bridgehead atoms. The highest BCUT2D eigenvalue weighted by Crippen LogP contribution is 2.34. The summed E-state index contributed by atoms with van der Waals surface area (Å²) in [6.45, 7) is 5.36. The van der Waals surface area contributed by atoms with Crippen LogP contribution in [0.5, 0.6) is 17.4 Å². The standard InChI is InChI=1S/C18H21N3O6/c1-18(2,3)27-17(22)20(4)12-6-8-14(15(10-12)25-5)26-16-9-7-13(11-19-16)21(23)24/h6-11H,1-5H3. The molecule has 0 radical (unpaired) electrons. The monoisotopic (exact) mass is 375 g/mol. The summed E-state index contributed by atoms with van der Waals surface area (Å²) in [5.74, 6) is 0.885. The molecule has 9 nitrogen and oxygen atoms in total. The molecule has 0 N–H and O–H groups in total. The highest BCUT2D eigenvalue weighted by Gasteiger charge is 2.21. The molecule has 0 spiro atoms. The van der Waals surface area contributed by atoms with Crippen molar-refractivity contribution in [2.75, 3.05) is 19.1 Å². The number of rotatable bonds is 5. The van der Waals surface area contributed by atoms with E-state index < -0.39 is 16.6 Å². The number of benzene rings is 1. The number of hydrogen-bond acceptors (Lipinski definition) is 7. The molecule has 0 saturated heterocycles. The Hall–Kier alpha value is -3.36. The van der Waals surface area contributed by atoms with Gasteiger partial charge in [-0.25, -0.2) is 9.78 Å². The maximum Gasteiger partial charge on any atom is 0.414 e. The van der Waals surface area contributed by atoms with Gasteiger partial charge in [-0.15, -0.1) is 0 Å². The maximum absolute atomic E-state index is 12.2. The highest BCUT2D eigenvalue weighted by molar-refractivity contribution is 5.87. The molecule has 144 valence electrons. The van der Waals surface area contributed by atoms with E-state index in [0.717, 1.165) is 6.20 Å². The van der Waals surface area contributed by atoms with Gasteiger partial charge in [0.1, 0.15) is 11.8 Å². The molecule has 1 aromatic heterocycles. The first-order valence-corrected chi connectivity index (χ1v) is 8.04. The fourth-order valence-electron chi connectivity index (χ4n) is 2.04. The molecule has 0 fully saturated rings. The lowest BCUT2D eigenvalue weighted by atomic mass is 10.2. The van der Waals surface area contributed by atoms with Crippen LogP contribution in [0.1, 0.15) is 20.8 Å². The minimum atomic E-state index is -0.611. The molecule has 2 rings (SSSR count). The topological polar surface area (TPSA) is 104 Å². The number of amides is 1. The van der Waals surface area contributed by atoms with E-state index in [1.54, 1.807) is 46.0 Å². The Morgan fingerprint density at radius 3 is 2.41 bits per heavy atom. The van der Waals surface area contributed by atoms with E-state index in [1.165, 1.54) is 24.1 Å². The van der Waals surface area contributed by atoms with E-state index >= 15 is 0 Å². The summed E-state index contributed by atoms with van der Waals surface area (Å²) in [4.78, 5) is 27.6. The van der Waals surface area contributed by atoms with Crippen molar-refractivity contribution in [3.63, 3.8) is 0 Å². The predicted octanol–water partition coefficient (Wildman–Crippen LogP) is 4.16. The van der Waals surface area contributed by atoms with Gasteiger partial charge in [0.05, 0.1) is 17.7 Å². The average molecular weight is 375 g/mol. The summed E-state index contributed by atoms with van der Waals surface area (Å²) < 4.78 is 16.3. The van der Waals surface area contributed by atoms with Crippen LogP contribution < -0.4 is 14.4 Å². The zero-order chi connectivity index (χ0) is 20.2. The Labute approximate surface area is 156 Å². The second-order valence-electron chi connectivity index (χ2n) is 6.59. The van der Waals surface area contributed by atoms with E-state index in [1.807, 2.05) is 0 Å². The molecule has 9 heteroatoms. The largest absolute Gasteiger partial charge is 0.493 e. The van der Waals surface area contributed by atoms with Gasteiger partial charge in [-0.3, -0.25) is 15.0 Å². The summed E-state index contributed by atoms with van der Waals surface area (Å²) in [6.07, 6.45) is 0.599. The number of aromatic nitrogens is 1. The number of carbonyl (C=O) groups excluding carboxylic acids is 1. The van der Waals surface area contributed by atoms with Crippen LogP contribution in [0.25, 0.3) is 0 Å². The van der Waals surface area contributed by atoms with E-state index in [2.05, 4.69) is 4.98 Å². The van der Waals surface area contributed by atoms with Gasteiger partial charge in [0.25, 0.3) is 5.69 Å². The van der Waals surface area contributed by atoms with Gasteiger partial charge in [-0.1, -0.05) is 0 Å². The zero-order valence-corrected chi connectivity index (χ0v) is 15.8. The van der Waals surface area contributed by atoms with Crippen LogP contribution in [-0.2, 0) is 4.74 Å². The third-order valence-corrected chi connectivity index (χ3v) is 3.35. The lowest BCUT2D eigenvalue weighted by Gasteiger charge is -2.25. The van der Waals surface area contributed by atoms with Crippen molar-refractivity contribution in [2.24, 2.45) is 0 Å². The Balaban J connectivity index is 2.20. The van der Waals surface area contributed by atoms with Crippen LogP contribution in [-0.4, -0.2) is 35.8 Å². The SMILES string of the molecule is COc1cc(N(C)C(=O)OC(C)(C)C)ccc1Oc1ccc([N+](=O)[O-])cn1. The molecule has 1 aromatic carbocycles. The minimum absolute atomic E-state index is 0.136. The van der Waals surface area contributed by atoms with Crippen molar-refractivity contribution < 1.29 is 23.9 Å². The Morgan fingerprint density at radius 2 is 1.89 bits per heavy atom. The first-order chi connectivity index (χ1) is 12.6. The molecule has 0 aliphatic rings. The lowest BCUT2D eigenvalue weighted by molar-refractivity contribution is -0.385.